The first-order valence-corrected chi connectivity index (χ1v) is 4.48. The van der Waals surface area contributed by atoms with Crippen molar-refractivity contribution in [3.8, 4) is 0 Å². The Balaban J connectivity index is 2.20. The van der Waals surface area contributed by atoms with E-state index in [0.717, 1.165) is 12.1 Å². The summed E-state index contributed by atoms with van der Waals surface area (Å²) in [6.45, 7) is 3.21. The minimum Gasteiger partial charge on any atom is -0.392 e. The van der Waals surface area contributed by atoms with Gasteiger partial charge in [-0.3, -0.25) is 0 Å². The minimum atomic E-state index is -0.267. The summed E-state index contributed by atoms with van der Waals surface area (Å²) in [5.74, 6) is 0. The van der Waals surface area contributed by atoms with Gasteiger partial charge in [0.15, 0.2) is 0 Å². The van der Waals surface area contributed by atoms with E-state index in [2.05, 4.69) is 15.5 Å². The van der Waals surface area contributed by atoms with Crippen LogP contribution in [-0.4, -0.2) is 28.0 Å². The Morgan fingerprint density at radius 2 is 2.46 bits per heavy atom. The van der Waals surface area contributed by atoms with E-state index in [4.69, 9.17) is 0 Å². The SMILES string of the molecule is CCC(O)CNCc1cccnn1. The van der Waals surface area contributed by atoms with Crippen LogP contribution < -0.4 is 5.32 Å². The molecular weight excluding hydrogens is 166 g/mol. The molecule has 0 aliphatic carbocycles. The third-order valence-electron chi connectivity index (χ3n) is 1.78. The molecule has 0 spiro atoms. The van der Waals surface area contributed by atoms with Crippen LogP contribution in [0.15, 0.2) is 18.3 Å². The third kappa shape index (κ3) is 3.96. The van der Waals surface area contributed by atoms with Crippen LogP contribution in [0.4, 0.5) is 0 Å². The summed E-state index contributed by atoms with van der Waals surface area (Å²) in [7, 11) is 0. The van der Waals surface area contributed by atoms with E-state index >= 15 is 0 Å². The molecule has 4 heteroatoms. The highest BCUT2D eigenvalue weighted by molar-refractivity contribution is 4.98. The van der Waals surface area contributed by atoms with Gasteiger partial charge in [-0.2, -0.15) is 10.2 Å². The quantitative estimate of drug-likeness (QED) is 0.687. The van der Waals surface area contributed by atoms with Gasteiger partial charge in [0, 0.05) is 19.3 Å². The maximum Gasteiger partial charge on any atom is 0.0768 e. The van der Waals surface area contributed by atoms with Crippen molar-refractivity contribution in [1.29, 1.82) is 0 Å². The van der Waals surface area contributed by atoms with Crippen LogP contribution >= 0.6 is 0 Å². The third-order valence-corrected chi connectivity index (χ3v) is 1.78. The van der Waals surface area contributed by atoms with Crippen molar-refractivity contribution in [2.75, 3.05) is 6.54 Å². The van der Waals surface area contributed by atoms with E-state index in [0.29, 0.717) is 13.1 Å². The number of nitrogens with zero attached hydrogens (tertiary/aromatic N) is 2. The van der Waals surface area contributed by atoms with E-state index in [1.165, 1.54) is 0 Å². The number of nitrogens with one attached hydrogen (secondary N) is 1. The summed E-state index contributed by atoms with van der Waals surface area (Å²) >= 11 is 0. The van der Waals surface area contributed by atoms with Gasteiger partial charge in [-0.1, -0.05) is 6.92 Å². The maximum atomic E-state index is 9.24. The number of rotatable bonds is 5. The predicted octanol–water partition coefficient (Wildman–Crippen LogP) is 0.337. The van der Waals surface area contributed by atoms with E-state index in [1.807, 2.05) is 19.1 Å². The first-order valence-electron chi connectivity index (χ1n) is 4.48. The minimum absolute atomic E-state index is 0.267. The van der Waals surface area contributed by atoms with Gasteiger partial charge in [0.2, 0.25) is 0 Å². The van der Waals surface area contributed by atoms with Crippen molar-refractivity contribution in [3.63, 3.8) is 0 Å². The Bertz CT molecular complexity index is 228. The molecule has 0 bridgehead atoms. The Labute approximate surface area is 78.0 Å². The zero-order valence-electron chi connectivity index (χ0n) is 7.77. The molecule has 0 fully saturated rings. The number of aromatic nitrogens is 2. The summed E-state index contributed by atoms with van der Waals surface area (Å²) in [4.78, 5) is 0. The van der Waals surface area contributed by atoms with Crippen molar-refractivity contribution >= 4 is 0 Å². The van der Waals surface area contributed by atoms with Crippen molar-refractivity contribution < 1.29 is 5.11 Å². The molecule has 0 saturated heterocycles. The number of hydrogen-bond acceptors (Lipinski definition) is 4. The topological polar surface area (TPSA) is 58.0 Å². The smallest absolute Gasteiger partial charge is 0.0768 e. The summed E-state index contributed by atoms with van der Waals surface area (Å²) in [6, 6.07) is 3.75. The van der Waals surface area contributed by atoms with Crippen molar-refractivity contribution in [2.24, 2.45) is 0 Å². The van der Waals surface area contributed by atoms with E-state index in [9.17, 15) is 5.11 Å². The van der Waals surface area contributed by atoms with Crippen LogP contribution in [0.25, 0.3) is 0 Å². The molecule has 0 saturated carbocycles. The van der Waals surface area contributed by atoms with Gasteiger partial charge in [0.25, 0.3) is 0 Å². The first kappa shape index (κ1) is 10.1. The summed E-state index contributed by atoms with van der Waals surface area (Å²) in [5, 5.41) is 20.0. The fraction of sp³-hybridized carbons (Fsp3) is 0.556. The molecule has 0 radical (unpaired) electrons. The zero-order valence-corrected chi connectivity index (χ0v) is 7.77. The van der Waals surface area contributed by atoms with Crippen LogP contribution in [0.5, 0.6) is 0 Å². The lowest BCUT2D eigenvalue weighted by Gasteiger charge is -2.07. The summed E-state index contributed by atoms with van der Waals surface area (Å²) in [5.41, 5.74) is 0.894. The second-order valence-corrected chi connectivity index (χ2v) is 2.91. The highest BCUT2D eigenvalue weighted by Crippen LogP contribution is 1.91. The van der Waals surface area contributed by atoms with Crippen LogP contribution in [-0.2, 0) is 6.54 Å². The van der Waals surface area contributed by atoms with Crippen LogP contribution in [0.2, 0.25) is 0 Å². The highest BCUT2D eigenvalue weighted by atomic mass is 16.3. The molecule has 1 heterocycles. The van der Waals surface area contributed by atoms with E-state index < -0.39 is 0 Å². The molecule has 0 aliphatic rings. The van der Waals surface area contributed by atoms with Crippen molar-refractivity contribution in [1.82, 2.24) is 15.5 Å². The second-order valence-electron chi connectivity index (χ2n) is 2.91. The molecule has 1 unspecified atom stereocenters. The largest absolute Gasteiger partial charge is 0.392 e. The van der Waals surface area contributed by atoms with Crippen LogP contribution in [0.1, 0.15) is 19.0 Å². The molecule has 72 valence electrons. The predicted molar refractivity (Wildman–Crippen MR) is 50.0 cm³/mol. The molecule has 0 aromatic carbocycles. The average Bonchev–Trinajstić information content (AvgIpc) is 2.19. The summed E-state index contributed by atoms with van der Waals surface area (Å²) in [6.07, 6.45) is 2.15. The molecule has 2 N–H and O–H groups in total. The Morgan fingerprint density at radius 1 is 1.62 bits per heavy atom. The van der Waals surface area contributed by atoms with Gasteiger partial charge < -0.3 is 10.4 Å². The molecule has 0 amide bonds. The second kappa shape index (κ2) is 5.61. The normalized spacial score (nSPS) is 12.8. The van der Waals surface area contributed by atoms with Crippen LogP contribution in [0, 0.1) is 0 Å². The molecule has 1 rings (SSSR count). The molecule has 1 aromatic rings. The number of aliphatic hydroxyl groups excluding tert-OH is 1. The van der Waals surface area contributed by atoms with Crippen molar-refractivity contribution in [3.05, 3.63) is 24.0 Å². The fourth-order valence-corrected chi connectivity index (χ4v) is 0.939. The van der Waals surface area contributed by atoms with E-state index in [1.54, 1.807) is 6.20 Å². The lowest BCUT2D eigenvalue weighted by Crippen LogP contribution is -2.26. The number of aliphatic hydroxyl groups is 1. The first-order chi connectivity index (χ1) is 6.33. The van der Waals surface area contributed by atoms with Gasteiger partial charge in [-0.05, 0) is 18.6 Å². The number of hydrogen-bond donors (Lipinski definition) is 2. The highest BCUT2D eigenvalue weighted by Gasteiger charge is 1.99. The monoisotopic (exact) mass is 181 g/mol. The van der Waals surface area contributed by atoms with Crippen LogP contribution in [0.3, 0.4) is 0 Å². The van der Waals surface area contributed by atoms with Gasteiger partial charge >= 0.3 is 0 Å². The molecule has 13 heavy (non-hydrogen) atoms. The van der Waals surface area contributed by atoms with Gasteiger partial charge in [0.1, 0.15) is 0 Å². The Morgan fingerprint density at radius 3 is 3.08 bits per heavy atom. The van der Waals surface area contributed by atoms with Gasteiger partial charge in [-0.25, -0.2) is 0 Å². The average molecular weight is 181 g/mol. The van der Waals surface area contributed by atoms with E-state index in [-0.39, 0.29) is 6.10 Å². The summed E-state index contributed by atoms with van der Waals surface area (Å²) < 4.78 is 0. The molecule has 1 atom stereocenters. The fourth-order valence-electron chi connectivity index (χ4n) is 0.939. The lowest BCUT2D eigenvalue weighted by atomic mass is 10.3. The zero-order chi connectivity index (χ0) is 9.52. The lowest BCUT2D eigenvalue weighted by molar-refractivity contribution is 0.167. The van der Waals surface area contributed by atoms with Gasteiger partial charge in [0.05, 0.1) is 11.8 Å². The Hall–Kier alpha value is -1.00. The molecular formula is C9H15N3O. The van der Waals surface area contributed by atoms with Gasteiger partial charge in [-0.15, -0.1) is 0 Å². The van der Waals surface area contributed by atoms with Crippen molar-refractivity contribution in [2.45, 2.75) is 26.0 Å². The standard InChI is InChI=1S/C9H15N3O/c1-2-9(13)7-10-6-8-4-3-5-11-12-8/h3-5,9-10,13H,2,6-7H2,1H3. The molecule has 0 aliphatic heterocycles. The molecule has 1 aromatic heterocycles. The maximum absolute atomic E-state index is 9.24. The molecule has 4 nitrogen and oxygen atoms in total. The Kier molecular flexibility index (Phi) is 4.35.